The Hall–Kier alpha value is -2.11. The van der Waals surface area contributed by atoms with Crippen molar-refractivity contribution in [1.29, 1.82) is 0 Å². The normalized spacial score (nSPS) is 13.4. The molecule has 0 saturated carbocycles. The molecule has 3 rings (SSSR count). The summed E-state index contributed by atoms with van der Waals surface area (Å²) in [5.41, 5.74) is 8.58. The van der Waals surface area contributed by atoms with E-state index in [1.54, 1.807) is 42.6 Å². The molecule has 1 heterocycles. The van der Waals surface area contributed by atoms with Crippen molar-refractivity contribution in [3.8, 4) is 0 Å². The number of hydrogen-bond donors (Lipinski definition) is 1. The van der Waals surface area contributed by atoms with Crippen LogP contribution in [0.1, 0.15) is 24.1 Å². The summed E-state index contributed by atoms with van der Waals surface area (Å²) < 4.78 is 27.0. The van der Waals surface area contributed by atoms with Gasteiger partial charge in [0.25, 0.3) is 10.0 Å². The monoisotopic (exact) mass is 314 g/mol. The number of hydrogen-bond acceptors (Lipinski definition) is 3. The van der Waals surface area contributed by atoms with Crippen molar-refractivity contribution in [2.75, 3.05) is 0 Å². The molecule has 3 aromatic rings. The molecule has 22 heavy (non-hydrogen) atoms. The second-order valence-corrected chi connectivity index (χ2v) is 7.31. The highest BCUT2D eigenvalue weighted by molar-refractivity contribution is 7.90. The minimum Gasteiger partial charge on any atom is -0.324 e. The van der Waals surface area contributed by atoms with E-state index in [0.29, 0.717) is 5.52 Å². The molecule has 0 aliphatic rings. The van der Waals surface area contributed by atoms with Gasteiger partial charge in [0.2, 0.25) is 0 Å². The number of nitrogens with two attached hydrogens (primary N) is 1. The Morgan fingerprint density at radius 3 is 2.36 bits per heavy atom. The molecule has 0 amide bonds. The van der Waals surface area contributed by atoms with E-state index in [1.165, 1.54) is 3.97 Å². The third kappa shape index (κ3) is 2.32. The average Bonchev–Trinajstić information content (AvgIpc) is 2.92. The molecule has 0 radical (unpaired) electrons. The third-order valence-electron chi connectivity index (χ3n) is 3.80. The summed E-state index contributed by atoms with van der Waals surface area (Å²) in [6.07, 6.45) is 1.59. The topological polar surface area (TPSA) is 65.1 Å². The molecular formula is C17H18N2O2S. The smallest absolute Gasteiger partial charge is 0.268 e. The fourth-order valence-corrected chi connectivity index (χ4v) is 3.94. The molecule has 4 nitrogen and oxygen atoms in total. The van der Waals surface area contributed by atoms with E-state index in [2.05, 4.69) is 0 Å². The van der Waals surface area contributed by atoms with E-state index in [9.17, 15) is 8.42 Å². The second kappa shape index (κ2) is 5.26. The van der Waals surface area contributed by atoms with Gasteiger partial charge in [-0.25, -0.2) is 12.4 Å². The second-order valence-electron chi connectivity index (χ2n) is 5.50. The van der Waals surface area contributed by atoms with E-state index >= 15 is 0 Å². The Kier molecular flexibility index (Phi) is 3.54. The van der Waals surface area contributed by atoms with Crippen molar-refractivity contribution in [3.05, 3.63) is 65.9 Å². The van der Waals surface area contributed by atoms with Crippen LogP contribution in [0.25, 0.3) is 10.9 Å². The quantitative estimate of drug-likeness (QED) is 0.807. The van der Waals surface area contributed by atoms with Crippen molar-refractivity contribution in [2.45, 2.75) is 24.8 Å². The van der Waals surface area contributed by atoms with Gasteiger partial charge < -0.3 is 5.73 Å². The molecule has 0 aliphatic carbocycles. The first-order valence-electron chi connectivity index (χ1n) is 7.09. The maximum absolute atomic E-state index is 12.8. The Labute approximate surface area is 130 Å². The Morgan fingerprint density at radius 2 is 1.73 bits per heavy atom. The lowest BCUT2D eigenvalue weighted by Crippen LogP contribution is -2.12. The number of fused-ring (bicyclic) bond motifs is 1. The fourth-order valence-electron chi connectivity index (χ4n) is 2.60. The summed E-state index contributed by atoms with van der Waals surface area (Å²) >= 11 is 0. The number of aromatic nitrogens is 1. The lowest BCUT2D eigenvalue weighted by atomic mass is 10.1. The summed E-state index contributed by atoms with van der Waals surface area (Å²) in [4.78, 5) is 0.279. The summed E-state index contributed by atoms with van der Waals surface area (Å²) in [6.45, 7) is 3.82. The van der Waals surface area contributed by atoms with Crippen molar-refractivity contribution >= 4 is 20.9 Å². The Morgan fingerprint density at radius 1 is 1.05 bits per heavy atom. The van der Waals surface area contributed by atoms with Gasteiger partial charge in [0, 0.05) is 17.6 Å². The summed E-state index contributed by atoms with van der Waals surface area (Å²) in [5, 5.41) is 0.869. The predicted molar refractivity (Wildman–Crippen MR) is 88.3 cm³/mol. The molecule has 114 valence electrons. The molecule has 0 spiro atoms. The van der Waals surface area contributed by atoms with Gasteiger partial charge in [-0.05, 0) is 43.7 Å². The zero-order valence-corrected chi connectivity index (χ0v) is 13.3. The van der Waals surface area contributed by atoms with Crippen molar-refractivity contribution in [2.24, 2.45) is 5.73 Å². The minimum atomic E-state index is -3.61. The van der Waals surface area contributed by atoms with Gasteiger partial charge >= 0.3 is 0 Å². The van der Waals surface area contributed by atoms with Crippen LogP contribution in [0, 0.1) is 6.92 Å². The minimum absolute atomic E-state index is 0.151. The van der Waals surface area contributed by atoms with Crippen LogP contribution in [-0.4, -0.2) is 12.4 Å². The van der Waals surface area contributed by atoms with Crippen LogP contribution in [0.4, 0.5) is 0 Å². The molecule has 1 aromatic heterocycles. The summed E-state index contributed by atoms with van der Waals surface area (Å²) in [5.74, 6) is 0. The largest absolute Gasteiger partial charge is 0.324 e. The van der Waals surface area contributed by atoms with Crippen LogP contribution in [-0.2, 0) is 10.0 Å². The maximum atomic E-state index is 12.8. The van der Waals surface area contributed by atoms with Gasteiger partial charge in [0.1, 0.15) is 0 Å². The van der Waals surface area contributed by atoms with E-state index in [0.717, 1.165) is 16.5 Å². The van der Waals surface area contributed by atoms with Crippen LogP contribution in [0.5, 0.6) is 0 Å². The van der Waals surface area contributed by atoms with E-state index in [1.807, 2.05) is 26.0 Å². The zero-order valence-electron chi connectivity index (χ0n) is 12.5. The molecule has 0 bridgehead atoms. The number of rotatable bonds is 3. The Balaban J connectivity index is 2.22. The van der Waals surface area contributed by atoms with Gasteiger partial charge in [-0.15, -0.1) is 0 Å². The van der Waals surface area contributed by atoms with Gasteiger partial charge in [0.05, 0.1) is 10.4 Å². The van der Waals surface area contributed by atoms with Gasteiger partial charge in [0.15, 0.2) is 0 Å². The number of aryl methyl sites for hydroxylation is 1. The first kappa shape index (κ1) is 14.8. The SMILES string of the molecule is Cc1ccc(S(=O)(=O)n2ccc3c(C(C)N)cccc32)cc1. The van der Waals surface area contributed by atoms with E-state index in [4.69, 9.17) is 5.73 Å². The van der Waals surface area contributed by atoms with Crippen molar-refractivity contribution < 1.29 is 8.42 Å². The zero-order chi connectivity index (χ0) is 15.9. The van der Waals surface area contributed by atoms with Crippen LogP contribution in [0.15, 0.2) is 59.6 Å². The predicted octanol–water partition coefficient (Wildman–Crippen LogP) is 3.21. The van der Waals surface area contributed by atoms with E-state index < -0.39 is 10.0 Å². The highest BCUT2D eigenvalue weighted by Gasteiger charge is 2.19. The average molecular weight is 314 g/mol. The molecule has 1 atom stereocenters. The molecule has 0 aliphatic heterocycles. The highest BCUT2D eigenvalue weighted by atomic mass is 32.2. The van der Waals surface area contributed by atoms with Gasteiger partial charge in [-0.1, -0.05) is 29.8 Å². The fraction of sp³-hybridized carbons (Fsp3) is 0.176. The number of nitrogens with zero attached hydrogens (tertiary/aromatic N) is 1. The van der Waals surface area contributed by atoms with Crippen molar-refractivity contribution in [1.82, 2.24) is 3.97 Å². The maximum Gasteiger partial charge on any atom is 0.268 e. The van der Waals surface area contributed by atoms with Crippen molar-refractivity contribution in [3.63, 3.8) is 0 Å². The first-order chi connectivity index (χ1) is 10.4. The first-order valence-corrected chi connectivity index (χ1v) is 8.53. The molecular weight excluding hydrogens is 296 g/mol. The Bertz CT molecular complexity index is 923. The summed E-state index contributed by atoms with van der Waals surface area (Å²) in [6, 6.07) is 14.1. The van der Waals surface area contributed by atoms with Crippen LogP contribution in [0.3, 0.4) is 0 Å². The standard InChI is InChI=1S/C17H18N2O2S/c1-12-6-8-14(9-7-12)22(20,21)19-11-10-16-15(13(2)18)4-3-5-17(16)19/h3-11,13H,18H2,1-2H3. The molecule has 1 unspecified atom stereocenters. The van der Waals surface area contributed by atoms with Crippen LogP contribution >= 0.6 is 0 Å². The lowest BCUT2D eigenvalue weighted by Gasteiger charge is -2.10. The molecule has 5 heteroatoms. The molecule has 2 aromatic carbocycles. The van der Waals surface area contributed by atoms with Gasteiger partial charge in [-0.3, -0.25) is 0 Å². The third-order valence-corrected chi connectivity index (χ3v) is 5.50. The van der Waals surface area contributed by atoms with Gasteiger partial charge in [-0.2, -0.15) is 0 Å². The van der Waals surface area contributed by atoms with Crippen LogP contribution < -0.4 is 5.73 Å². The molecule has 0 fully saturated rings. The molecule has 0 saturated heterocycles. The highest BCUT2D eigenvalue weighted by Crippen LogP contribution is 2.27. The lowest BCUT2D eigenvalue weighted by molar-refractivity contribution is 0.589. The van der Waals surface area contributed by atoms with E-state index in [-0.39, 0.29) is 10.9 Å². The molecule has 2 N–H and O–H groups in total. The van der Waals surface area contributed by atoms with Crippen LogP contribution in [0.2, 0.25) is 0 Å². The summed E-state index contributed by atoms with van der Waals surface area (Å²) in [7, 11) is -3.61. The number of benzene rings is 2.